The molecular formula is C21H24F2O. The number of fused-ring (bicyclic) bond motifs is 1. The van der Waals surface area contributed by atoms with Gasteiger partial charge in [0.1, 0.15) is 6.10 Å². The first-order chi connectivity index (χ1) is 11.7. The highest BCUT2D eigenvalue weighted by atomic mass is 19.2. The Morgan fingerprint density at radius 1 is 1.04 bits per heavy atom. The summed E-state index contributed by atoms with van der Waals surface area (Å²) in [6.45, 7) is 2.73. The van der Waals surface area contributed by atoms with E-state index in [4.69, 9.17) is 4.74 Å². The van der Waals surface area contributed by atoms with Gasteiger partial charge in [0.15, 0.2) is 11.6 Å². The van der Waals surface area contributed by atoms with E-state index in [9.17, 15) is 8.78 Å². The Kier molecular flexibility index (Phi) is 4.29. The Labute approximate surface area is 142 Å². The number of ether oxygens (including phenoxy) is 1. The molecule has 24 heavy (non-hydrogen) atoms. The lowest BCUT2D eigenvalue weighted by Gasteiger charge is -2.28. The summed E-state index contributed by atoms with van der Waals surface area (Å²) < 4.78 is 33.9. The molecule has 1 atom stereocenters. The van der Waals surface area contributed by atoms with Crippen LogP contribution in [0.15, 0.2) is 24.3 Å². The summed E-state index contributed by atoms with van der Waals surface area (Å²) in [6, 6.07) is 7.66. The second-order valence-corrected chi connectivity index (χ2v) is 7.40. The van der Waals surface area contributed by atoms with Crippen LogP contribution in [0, 0.1) is 17.6 Å². The quantitative estimate of drug-likeness (QED) is 0.602. The molecule has 1 nitrogen and oxygen atoms in total. The van der Waals surface area contributed by atoms with Crippen LogP contribution in [-0.2, 0) is 4.74 Å². The van der Waals surface area contributed by atoms with Crippen LogP contribution in [0.25, 0.3) is 10.8 Å². The average molecular weight is 330 g/mol. The van der Waals surface area contributed by atoms with E-state index >= 15 is 0 Å². The van der Waals surface area contributed by atoms with Crippen molar-refractivity contribution in [2.75, 3.05) is 6.61 Å². The van der Waals surface area contributed by atoms with Crippen molar-refractivity contribution in [1.29, 1.82) is 0 Å². The molecule has 1 saturated heterocycles. The zero-order chi connectivity index (χ0) is 16.7. The zero-order valence-electron chi connectivity index (χ0n) is 14.2. The largest absolute Gasteiger partial charge is 0.368 e. The summed E-state index contributed by atoms with van der Waals surface area (Å²) >= 11 is 0. The monoisotopic (exact) mass is 330 g/mol. The van der Waals surface area contributed by atoms with Gasteiger partial charge in [-0.15, -0.1) is 0 Å². The highest BCUT2D eigenvalue weighted by Crippen LogP contribution is 2.40. The van der Waals surface area contributed by atoms with Gasteiger partial charge < -0.3 is 4.74 Å². The standard InChI is InChI=1S/C21H24F2O/c1-2-3-13-4-6-14(7-5-13)15-8-9-16-11-18(19-12-24-19)21(23)20(22)17(16)10-15/h8-11,13-14,19H,2-7,12H2,1H3. The summed E-state index contributed by atoms with van der Waals surface area (Å²) in [5.74, 6) is -0.133. The summed E-state index contributed by atoms with van der Waals surface area (Å²) in [5, 5.41) is 1.17. The molecule has 0 spiro atoms. The molecule has 1 unspecified atom stereocenters. The molecule has 128 valence electrons. The van der Waals surface area contributed by atoms with E-state index in [0.717, 1.165) is 29.7 Å². The van der Waals surface area contributed by atoms with Crippen molar-refractivity contribution in [3.63, 3.8) is 0 Å². The van der Waals surface area contributed by atoms with Crippen molar-refractivity contribution in [2.45, 2.75) is 57.5 Å². The van der Waals surface area contributed by atoms with Crippen molar-refractivity contribution in [2.24, 2.45) is 5.92 Å². The Hall–Kier alpha value is -1.48. The number of hydrogen-bond acceptors (Lipinski definition) is 1. The van der Waals surface area contributed by atoms with E-state index in [1.54, 1.807) is 6.07 Å². The molecule has 2 aliphatic rings. The normalized spacial score (nSPS) is 26.7. The van der Waals surface area contributed by atoms with Crippen LogP contribution in [0.1, 0.15) is 68.6 Å². The number of rotatable bonds is 4. The van der Waals surface area contributed by atoms with Gasteiger partial charge in [-0.05, 0) is 60.6 Å². The molecule has 0 N–H and O–H groups in total. The fraction of sp³-hybridized carbons (Fsp3) is 0.524. The van der Waals surface area contributed by atoms with Crippen LogP contribution in [0.3, 0.4) is 0 Å². The minimum Gasteiger partial charge on any atom is -0.368 e. The lowest BCUT2D eigenvalue weighted by molar-refractivity contribution is 0.308. The lowest BCUT2D eigenvalue weighted by Crippen LogP contribution is -2.13. The Morgan fingerprint density at radius 2 is 1.79 bits per heavy atom. The third-order valence-electron chi connectivity index (χ3n) is 5.77. The molecule has 1 heterocycles. The fourth-order valence-electron chi connectivity index (χ4n) is 4.27. The summed E-state index contributed by atoms with van der Waals surface area (Å²) in [6.07, 6.45) is 7.13. The second-order valence-electron chi connectivity index (χ2n) is 7.40. The van der Waals surface area contributed by atoms with E-state index in [-0.39, 0.29) is 6.10 Å². The predicted octanol–water partition coefficient (Wildman–Crippen LogP) is 6.26. The third kappa shape index (κ3) is 2.95. The lowest BCUT2D eigenvalue weighted by atomic mass is 9.77. The molecule has 0 amide bonds. The maximum Gasteiger partial charge on any atom is 0.167 e. The highest BCUT2D eigenvalue weighted by molar-refractivity contribution is 5.85. The molecule has 0 aromatic heterocycles. The number of benzene rings is 2. The van der Waals surface area contributed by atoms with Crippen LogP contribution in [0.2, 0.25) is 0 Å². The van der Waals surface area contributed by atoms with Gasteiger partial charge >= 0.3 is 0 Å². The van der Waals surface area contributed by atoms with Gasteiger partial charge in [0.2, 0.25) is 0 Å². The van der Waals surface area contributed by atoms with Crippen LogP contribution in [-0.4, -0.2) is 6.61 Å². The maximum atomic E-state index is 14.5. The number of hydrogen-bond donors (Lipinski definition) is 0. The number of halogens is 2. The van der Waals surface area contributed by atoms with Crippen molar-refractivity contribution >= 4 is 10.8 Å². The van der Waals surface area contributed by atoms with Gasteiger partial charge in [-0.3, -0.25) is 0 Å². The zero-order valence-corrected chi connectivity index (χ0v) is 14.2. The first-order valence-electron chi connectivity index (χ1n) is 9.20. The molecule has 3 heteroatoms. The van der Waals surface area contributed by atoms with Gasteiger partial charge in [-0.25, -0.2) is 8.78 Å². The molecule has 2 aromatic rings. The maximum absolute atomic E-state index is 14.5. The third-order valence-corrected chi connectivity index (χ3v) is 5.77. The summed E-state index contributed by atoms with van der Waals surface area (Å²) in [4.78, 5) is 0. The van der Waals surface area contributed by atoms with Gasteiger partial charge in [0.05, 0.1) is 6.61 Å². The average Bonchev–Trinajstić information content (AvgIpc) is 3.44. The first-order valence-corrected chi connectivity index (χ1v) is 9.20. The molecular weight excluding hydrogens is 306 g/mol. The first kappa shape index (κ1) is 16.0. The minimum atomic E-state index is -0.742. The van der Waals surface area contributed by atoms with Crippen LogP contribution >= 0.6 is 0 Å². The minimum absolute atomic E-state index is 0.266. The molecule has 0 bridgehead atoms. The van der Waals surface area contributed by atoms with E-state index in [0.29, 0.717) is 23.5 Å². The Morgan fingerprint density at radius 3 is 2.46 bits per heavy atom. The molecule has 2 aromatic carbocycles. The Balaban J connectivity index is 1.62. The predicted molar refractivity (Wildman–Crippen MR) is 92.2 cm³/mol. The van der Waals surface area contributed by atoms with Gasteiger partial charge in [0.25, 0.3) is 0 Å². The molecule has 1 aliphatic carbocycles. The van der Waals surface area contributed by atoms with Crippen molar-refractivity contribution in [3.8, 4) is 0 Å². The van der Waals surface area contributed by atoms with Crippen LogP contribution < -0.4 is 0 Å². The van der Waals surface area contributed by atoms with Gasteiger partial charge in [-0.1, -0.05) is 31.9 Å². The van der Waals surface area contributed by atoms with E-state index in [1.165, 1.54) is 25.7 Å². The number of epoxide rings is 1. The highest BCUT2D eigenvalue weighted by Gasteiger charge is 2.30. The van der Waals surface area contributed by atoms with E-state index < -0.39 is 11.6 Å². The topological polar surface area (TPSA) is 12.5 Å². The van der Waals surface area contributed by atoms with Gasteiger partial charge in [-0.2, -0.15) is 0 Å². The fourth-order valence-corrected chi connectivity index (χ4v) is 4.27. The summed E-state index contributed by atoms with van der Waals surface area (Å²) in [5.41, 5.74) is 1.51. The van der Waals surface area contributed by atoms with Crippen LogP contribution in [0.5, 0.6) is 0 Å². The Bertz CT molecular complexity index is 743. The molecule has 4 rings (SSSR count). The second kappa shape index (κ2) is 6.44. The molecule has 0 radical (unpaired) electrons. The van der Waals surface area contributed by atoms with Gasteiger partial charge in [0, 0.05) is 10.9 Å². The summed E-state index contributed by atoms with van der Waals surface area (Å²) in [7, 11) is 0. The van der Waals surface area contributed by atoms with Crippen molar-refractivity contribution in [3.05, 3.63) is 47.0 Å². The molecule has 1 saturated carbocycles. The molecule has 2 fully saturated rings. The van der Waals surface area contributed by atoms with Crippen molar-refractivity contribution in [1.82, 2.24) is 0 Å². The van der Waals surface area contributed by atoms with Crippen molar-refractivity contribution < 1.29 is 13.5 Å². The van der Waals surface area contributed by atoms with E-state index in [2.05, 4.69) is 13.0 Å². The van der Waals surface area contributed by atoms with Crippen LogP contribution in [0.4, 0.5) is 8.78 Å². The van der Waals surface area contributed by atoms with E-state index in [1.807, 2.05) is 12.1 Å². The smallest absolute Gasteiger partial charge is 0.167 e. The molecule has 1 aliphatic heterocycles. The SMILES string of the molecule is CCCC1CCC(c2ccc3cc(C4CO4)c(F)c(F)c3c2)CC1.